The lowest BCUT2D eigenvalue weighted by Crippen LogP contribution is -1.70. The van der Waals surface area contributed by atoms with Crippen LogP contribution < -0.4 is 0 Å². The molecule has 0 spiro atoms. The summed E-state index contributed by atoms with van der Waals surface area (Å²) in [7, 11) is 0. The van der Waals surface area contributed by atoms with E-state index >= 15 is 0 Å². The fourth-order valence-corrected chi connectivity index (χ4v) is 1.22. The van der Waals surface area contributed by atoms with Gasteiger partial charge in [-0.25, -0.2) is 0 Å². The minimum atomic E-state index is 0.329. The second-order valence-corrected chi connectivity index (χ2v) is 3.90. The van der Waals surface area contributed by atoms with Gasteiger partial charge in [-0.3, -0.25) is 0 Å². The number of phenols is 1. The largest absolute Gasteiger partial charge is 0.508 e. The highest BCUT2D eigenvalue weighted by Crippen LogP contribution is 2.07. The van der Waals surface area contributed by atoms with Crippen molar-refractivity contribution < 1.29 is 5.11 Å². The average molecular weight is 208 g/mol. The van der Waals surface area contributed by atoms with Crippen molar-refractivity contribution in [2.24, 2.45) is 0 Å². The van der Waals surface area contributed by atoms with Crippen LogP contribution in [-0.2, 0) is 0 Å². The SMILES string of the molecule is CCCCCCC.Cc1ccc(O)cc1. The Balaban J connectivity index is 0.000000265. The Bertz CT molecular complexity index is 201. The third kappa shape index (κ3) is 9.33. The van der Waals surface area contributed by atoms with Gasteiger partial charge in [-0.1, -0.05) is 63.6 Å². The molecule has 15 heavy (non-hydrogen) atoms. The summed E-state index contributed by atoms with van der Waals surface area (Å²) in [6.45, 7) is 6.48. The predicted molar refractivity (Wildman–Crippen MR) is 67.3 cm³/mol. The first kappa shape index (κ1) is 14.0. The molecule has 0 aliphatic heterocycles. The maximum absolute atomic E-state index is 8.76. The van der Waals surface area contributed by atoms with Gasteiger partial charge in [0.2, 0.25) is 0 Å². The highest BCUT2D eigenvalue weighted by atomic mass is 16.3. The lowest BCUT2D eigenvalue weighted by Gasteiger charge is -1.90. The number of hydrogen-bond donors (Lipinski definition) is 1. The van der Waals surface area contributed by atoms with Crippen LogP contribution in [0.15, 0.2) is 24.3 Å². The molecule has 1 heteroatoms. The fraction of sp³-hybridized carbons (Fsp3) is 0.571. The Morgan fingerprint density at radius 1 is 0.867 bits per heavy atom. The zero-order valence-corrected chi connectivity index (χ0v) is 10.3. The standard InChI is InChI=1S/C7H8O.C7H16/c1-6-2-4-7(8)5-3-6;1-3-5-7-6-4-2/h2-5,8H,1H3;3-7H2,1-2H3. The highest BCUT2D eigenvalue weighted by molar-refractivity contribution is 5.24. The number of aromatic hydroxyl groups is 1. The minimum Gasteiger partial charge on any atom is -0.508 e. The zero-order valence-electron chi connectivity index (χ0n) is 10.3. The van der Waals surface area contributed by atoms with Gasteiger partial charge in [-0.05, 0) is 19.1 Å². The molecule has 0 saturated heterocycles. The van der Waals surface area contributed by atoms with E-state index in [0.29, 0.717) is 5.75 Å². The molecular formula is C14H24O. The van der Waals surface area contributed by atoms with Crippen molar-refractivity contribution in [2.75, 3.05) is 0 Å². The molecule has 86 valence electrons. The van der Waals surface area contributed by atoms with Crippen molar-refractivity contribution in [3.05, 3.63) is 29.8 Å². The number of unbranched alkanes of at least 4 members (excludes halogenated alkanes) is 4. The Morgan fingerprint density at radius 3 is 1.67 bits per heavy atom. The molecule has 1 rings (SSSR count). The molecular weight excluding hydrogens is 184 g/mol. The molecule has 0 unspecified atom stereocenters. The second-order valence-electron chi connectivity index (χ2n) is 3.90. The summed E-state index contributed by atoms with van der Waals surface area (Å²) in [6.07, 6.45) is 7.01. The van der Waals surface area contributed by atoms with E-state index in [1.807, 2.05) is 19.1 Å². The van der Waals surface area contributed by atoms with Crippen molar-refractivity contribution in [1.29, 1.82) is 0 Å². The summed E-state index contributed by atoms with van der Waals surface area (Å²) in [5.74, 6) is 0.329. The molecule has 0 bridgehead atoms. The summed E-state index contributed by atoms with van der Waals surface area (Å²) in [5, 5.41) is 8.76. The van der Waals surface area contributed by atoms with E-state index in [2.05, 4.69) is 13.8 Å². The van der Waals surface area contributed by atoms with E-state index in [0.717, 1.165) is 0 Å². The number of rotatable bonds is 4. The third-order valence-corrected chi connectivity index (χ3v) is 2.24. The lowest BCUT2D eigenvalue weighted by atomic mass is 10.2. The summed E-state index contributed by atoms with van der Waals surface area (Å²) in [5.41, 5.74) is 1.17. The van der Waals surface area contributed by atoms with E-state index in [-0.39, 0.29) is 0 Å². The van der Waals surface area contributed by atoms with Gasteiger partial charge in [-0.15, -0.1) is 0 Å². The summed E-state index contributed by atoms with van der Waals surface area (Å²) < 4.78 is 0. The van der Waals surface area contributed by atoms with Crippen molar-refractivity contribution in [1.82, 2.24) is 0 Å². The topological polar surface area (TPSA) is 20.2 Å². The Kier molecular flexibility index (Phi) is 8.95. The Morgan fingerprint density at radius 2 is 1.33 bits per heavy atom. The molecule has 0 aliphatic rings. The minimum absolute atomic E-state index is 0.329. The Hall–Kier alpha value is -0.980. The van der Waals surface area contributed by atoms with Crippen molar-refractivity contribution in [3.8, 4) is 5.75 Å². The van der Waals surface area contributed by atoms with Gasteiger partial charge < -0.3 is 5.11 Å². The van der Waals surface area contributed by atoms with Gasteiger partial charge in [0.25, 0.3) is 0 Å². The van der Waals surface area contributed by atoms with Crippen LogP contribution >= 0.6 is 0 Å². The van der Waals surface area contributed by atoms with Gasteiger partial charge in [0, 0.05) is 0 Å². The summed E-state index contributed by atoms with van der Waals surface area (Å²) in [4.78, 5) is 0. The predicted octanol–water partition coefficient (Wildman–Crippen LogP) is 4.68. The van der Waals surface area contributed by atoms with Crippen LogP contribution in [0, 0.1) is 6.92 Å². The normalized spacial score (nSPS) is 9.27. The maximum atomic E-state index is 8.76. The lowest BCUT2D eigenvalue weighted by molar-refractivity contribution is 0.475. The molecule has 0 aliphatic carbocycles. The molecule has 0 radical (unpaired) electrons. The number of aryl methyl sites for hydroxylation is 1. The van der Waals surface area contributed by atoms with Crippen LogP contribution in [0.5, 0.6) is 5.75 Å². The van der Waals surface area contributed by atoms with Gasteiger partial charge in [0.05, 0.1) is 0 Å². The van der Waals surface area contributed by atoms with Gasteiger partial charge >= 0.3 is 0 Å². The monoisotopic (exact) mass is 208 g/mol. The number of phenolic OH excluding ortho intramolecular Hbond substituents is 1. The van der Waals surface area contributed by atoms with Crippen LogP contribution in [0.4, 0.5) is 0 Å². The highest BCUT2D eigenvalue weighted by Gasteiger charge is 1.82. The molecule has 0 heterocycles. The molecule has 0 atom stereocenters. The number of hydrogen-bond acceptors (Lipinski definition) is 1. The average Bonchev–Trinajstić information content (AvgIpc) is 2.24. The van der Waals surface area contributed by atoms with Crippen molar-refractivity contribution >= 4 is 0 Å². The molecule has 1 nitrogen and oxygen atoms in total. The zero-order chi connectivity index (χ0) is 11.5. The van der Waals surface area contributed by atoms with Crippen LogP contribution in [0.2, 0.25) is 0 Å². The van der Waals surface area contributed by atoms with Crippen LogP contribution in [0.1, 0.15) is 51.5 Å². The van der Waals surface area contributed by atoms with Crippen molar-refractivity contribution in [2.45, 2.75) is 52.9 Å². The maximum Gasteiger partial charge on any atom is 0.115 e. The van der Waals surface area contributed by atoms with Crippen molar-refractivity contribution in [3.63, 3.8) is 0 Å². The first-order chi connectivity index (χ1) is 7.20. The molecule has 1 aromatic rings. The van der Waals surface area contributed by atoms with Crippen LogP contribution in [-0.4, -0.2) is 5.11 Å². The van der Waals surface area contributed by atoms with E-state index < -0.39 is 0 Å². The Labute approximate surface area is 94.2 Å². The molecule has 0 fully saturated rings. The summed E-state index contributed by atoms with van der Waals surface area (Å²) in [6, 6.07) is 7.09. The van der Waals surface area contributed by atoms with E-state index in [9.17, 15) is 0 Å². The molecule has 1 aromatic carbocycles. The first-order valence-corrected chi connectivity index (χ1v) is 5.96. The second kappa shape index (κ2) is 9.57. The molecule has 0 saturated carbocycles. The first-order valence-electron chi connectivity index (χ1n) is 5.96. The molecule has 1 N–H and O–H groups in total. The van der Waals surface area contributed by atoms with Crippen LogP contribution in [0.3, 0.4) is 0 Å². The van der Waals surface area contributed by atoms with Gasteiger partial charge in [0.15, 0.2) is 0 Å². The van der Waals surface area contributed by atoms with E-state index in [1.165, 1.54) is 37.7 Å². The molecule has 0 amide bonds. The fourth-order valence-electron chi connectivity index (χ4n) is 1.22. The smallest absolute Gasteiger partial charge is 0.115 e. The number of benzene rings is 1. The van der Waals surface area contributed by atoms with Crippen LogP contribution in [0.25, 0.3) is 0 Å². The van der Waals surface area contributed by atoms with Gasteiger partial charge in [0.1, 0.15) is 5.75 Å². The van der Waals surface area contributed by atoms with Gasteiger partial charge in [-0.2, -0.15) is 0 Å². The molecule has 0 aromatic heterocycles. The van der Waals surface area contributed by atoms with E-state index in [1.54, 1.807) is 12.1 Å². The van der Waals surface area contributed by atoms with E-state index in [4.69, 9.17) is 5.11 Å². The third-order valence-electron chi connectivity index (χ3n) is 2.24. The quantitative estimate of drug-likeness (QED) is 0.712. The summed E-state index contributed by atoms with van der Waals surface area (Å²) >= 11 is 0.